The number of aliphatic hydroxyl groups is 1. The Kier molecular flexibility index (Phi) is 5.75. The van der Waals surface area contributed by atoms with Crippen LogP contribution in [0.15, 0.2) is 30.6 Å². The number of methoxy groups -OCH3 is 1. The molecule has 0 aliphatic carbocycles. The average Bonchev–Trinajstić information content (AvgIpc) is 2.96. The van der Waals surface area contributed by atoms with Crippen molar-refractivity contribution in [1.29, 1.82) is 0 Å². The minimum absolute atomic E-state index is 0.248. The number of aryl methyl sites for hydroxylation is 1. The Labute approximate surface area is 132 Å². The van der Waals surface area contributed by atoms with Crippen molar-refractivity contribution >= 4 is 0 Å². The summed E-state index contributed by atoms with van der Waals surface area (Å²) in [7, 11) is 1.69. The lowest BCUT2D eigenvalue weighted by Gasteiger charge is -2.16. The zero-order valence-corrected chi connectivity index (χ0v) is 13.9. The van der Waals surface area contributed by atoms with Crippen molar-refractivity contribution in [3.63, 3.8) is 0 Å². The number of hydrogen-bond donors (Lipinski definition) is 1. The first-order valence-corrected chi connectivity index (χ1v) is 7.80. The van der Waals surface area contributed by atoms with Gasteiger partial charge in [-0.25, -0.2) is 0 Å². The lowest BCUT2D eigenvalue weighted by molar-refractivity contribution is 0.135. The minimum Gasteiger partial charge on any atom is -0.393 e. The minimum atomic E-state index is -0.292. The van der Waals surface area contributed by atoms with E-state index in [2.05, 4.69) is 37.1 Å². The fourth-order valence-electron chi connectivity index (χ4n) is 2.41. The molecule has 4 heteroatoms. The van der Waals surface area contributed by atoms with Crippen molar-refractivity contribution in [2.75, 3.05) is 13.7 Å². The van der Waals surface area contributed by atoms with Crippen molar-refractivity contribution in [2.45, 2.75) is 39.8 Å². The molecule has 0 unspecified atom stereocenters. The molecule has 0 bridgehead atoms. The van der Waals surface area contributed by atoms with Crippen LogP contribution in [0.25, 0.3) is 11.1 Å². The average molecular weight is 302 g/mol. The van der Waals surface area contributed by atoms with Crippen molar-refractivity contribution in [3.8, 4) is 11.1 Å². The second-order valence-corrected chi connectivity index (χ2v) is 6.05. The van der Waals surface area contributed by atoms with Gasteiger partial charge >= 0.3 is 0 Å². The zero-order valence-electron chi connectivity index (χ0n) is 13.9. The second-order valence-electron chi connectivity index (χ2n) is 6.05. The van der Waals surface area contributed by atoms with Crippen molar-refractivity contribution in [2.24, 2.45) is 5.92 Å². The van der Waals surface area contributed by atoms with Gasteiger partial charge < -0.3 is 9.84 Å². The highest BCUT2D eigenvalue weighted by atomic mass is 16.5. The fraction of sp³-hybridized carbons (Fsp3) is 0.500. The van der Waals surface area contributed by atoms with Gasteiger partial charge in [-0.05, 0) is 42.9 Å². The molecule has 0 spiro atoms. The summed E-state index contributed by atoms with van der Waals surface area (Å²) in [6, 6.07) is 6.49. The molecule has 120 valence electrons. The molecule has 0 saturated heterocycles. The van der Waals surface area contributed by atoms with Crippen LogP contribution in [0.3, 0.4) is 0 Å². The van der Waals surface area contributed by atoms with Crippen LogP contribution in [0.2, 0.25) is 0 Å². The van der Waals surface area contributed by atoms with E-state index in [1.807, 2.05) is 24.0 Å². The third kappa shape index (κ3) is 4.18. The topological polar surface area (TPSA) is 47.3 Å². The van der Waals surface area contributed by atoms with E-state index >= 15 is 0 Å². The van der Waals surface area contributed by atoms with Gasteiger partial charge in [-0.3, -0.25) is 4.68 Å². The van der Waals surface area contributed by atoms with E-state index in [-0.39, 0.29) is 12.0 Å². The monoisotopic (exact) mass is 302 g/mol. The highest BCUT2D eigenvalue weighted by molar-refractivity contribution is 5.63. The molecule has 2 rings (SSSR count). The molecule has 1 heterocycles. The van der Waals surface area contributed by atoms with Gasteiger partial charge in [-0.15, -0.1) is 0 Å². The molecule has 4 nitrogen and oxygen atoms in total. The van der Waals surface area contributed by atoms with Crippen LogP contribution in [0, 0.1) is 12.8 Å². The first-order chi connectivity index (χ1) is 10.5. The van der Waals surface area contributed by atoms with Gasteiger partial charge in [0, 0.05) is 18.9 Å². The Morgan fingerprint density at radius 1 is 1.27 bits per heavy atom. The summed E-state index contributed by atoms with van der Waals surface area (Å²) < 4.78 is 6.98. The molecule has 0 aliphatic rings. The summed E-state index contributed by atoms with van der Waals surface area (Å²) in [5.74, 6) is 0.248. The summed E-state index contributed by atoms with van der Waals surface area (Å²) in [5.41, 5.74) is 4.84. The molecule has 1 aromatic heterocycles. The van der Waals surface area contributed by atoms with Crippen LogP contribution >= 0.6 is 0 Å². The maximum atomic E-state index is 9.72. The zero-order chi connectivity index (χ0) is 16.1. The van der Waals surface area contributed by atoms with Crippen molar-refractivity contribution in [3.05, 3.63) is 41.7 Å². The number of aliphatic hydroxyl groups excluding tert-OH is 1. The van der Waals surface area contributed by atoms with Gasteiger partial charge in [0.05, 0.1) is 25.5 Å². The molecule has 0 amide bonds. The lowest BCUT2D eigenvalue weighted by Crippen LogP contribution is -2.16. The van der Waals surface area contributed by atoms with Crippen LogP contribution in [0.1, 0.15) is 25.0 Å². The normalized spacial score (nSPS) is 14.0. The second kappa shape index (κ2) is 7.56. The van der Waals surface area contributed by atoms with E-state index in [1.54, 1.807) is 7.11 Å². The molecule has 2 aromatic rings. The van der Waals surface area contributed by atoms with Gasteiger partial charge in [-0.2, -0.15) is 5.10 Å². The smallest absolute Gasteiger partial charge is 0.0658 e. The standard InChI is InChI=1S/C18H26N2O2/c1-13-5-6-16(10-17(13)9-14(2)15(3)21)18-11-19-20(12-18)7-8-22-4/h5-6,10-12,14-15,21H,7-9H2,1-4H3/t14-,15-/m1/s1. The van der Waals surface area contributed by atoms with Crippen LogP contribution < -0.4 is 0 Å². The SMILES string of the molecule is COCCn1cc(-c2ccc(C)c(C[C@@H](C)[C@@H](C)O)c2)cn1. The van der Waals surface area contributed by atoms with Gasteiger partial charge in [0.2, 0.25) is 0 Å². The van der Waals surface area contributed by atoms with E-state index < -0.39 is 0 Å². The van der Waals surface area contributed by atoms with Crippen molar-refractivity contribution in [1.82, 2.24) is 9.78 Å². The highest BCUT2D eigenvalue weighted by Crippen LogP contribution is 2.24. The van der Waals surface area contributed by atoms with Crippen LogP contribution in [-0.2, 0) is 17.7 Å². The van der Waals surface area contributed by atoms with E-state index in [0.717, 1.165) is 18.5 Å². The Balaban J connectivity index is 2.19. The first kappa shape index (κ1) is 16.7. The maximum Gasteiger partial charge on any atom is 0.0658 e. The summed E-state index contributed by atoms with van der Waals surface area (Å²) in [5, 5.41) is 14.1. The summed E-state index contributed by atoms with van der Waals surface area (Å²) in [4.78, 5) is 0. The number of aromatic nitrogens is 2. The van der Waals surface area contributed by atoms with Gasteiger partial charge in [0.1, 0.15) is 0 Å². The molecule has 1 aromatic carbocycles. The predicted molar refractivity (Wildman–Crippen MR) is 88.8 cm³/mol. The largest absolute Gasteiger partial charge is 0.393 e. The molecule has 22 heavy (non-hydrogen) atoms. The number of benzene rings is 1. The van der Waals surface area contributed by atoms with Crippen LogP contribution in [0.4, 0.5) is 0 Å². The number of nitrogens with zero attached hydrogens (tertiary/aromatic N) is 2. The Morgan fingerprint density at radius 3 is 2.73 bits per heavy atom. The van der Waals surface area contributed by atoms with Crippen LogP contribution in [0.5, 0.6) is 0 Å². The Hall–Kier alpha value is -1.65. The predicted octanol–water partition coefficient (Wildman–Crippen LogP) is 3.06. The van der Waals surface area contributed by atoms with Gasteiger partial charge in [0.15, 0.2) is 0 Å². The fourth-order valence-corrected chi connectivity index (χ4v) is 2.41. The third-order valence-electron chi connectivity index (χ3n) is 4.21. The molecular formula is C18H26N2O2. The highest BCUT2D eigenvalue weighted by Gasteiger charge is 2.12. The number of ether oxygens (including phenoxy) is 1. The van der Waals surface area contributed by atoms with Gasteiger partial charge in [-0.1, -0.05) is 25.1 Å². The summed E-state index contributed by atoms with van der Waals surface area (Å²) >= 11 is 0. The van der Waals surface area contributed by atoms with E-state index in [4.69, 9.17) is 4.74 Å². The number of rotatable bonds is 7. The van der Waals surface area contributed by atoms with E-state index in [0.29, 0.717) is 6.61 Å². The maximum absolute atomic E-state index is 9.72. The van der Waals surface area contributed by atoms with E-state index in [1.165, 1.54) is 16.7 Å². The van der Waals surface area contributed by atoms with Crippen molar-refractivity contribution < 1.29 is 9.84 Å². The Morgan fingerprint density at radius 2 is 2.05 bits per heavy atom. The summed E-state index contributed by atoms with van der Waals surface area (Å²) in [6.07, 6.45) is 4.53. The summed E-state index contributed by atoms with van der Waals surface area (Å²) in [6.45, 7) is 7.47. The third-order valence-corrected chi connectivity index (χ3v) is 4.21. The molecule has 0 saturated carbocycles. The molecule has 0 radical (unpaired) electrons. The number of hydrogen-bond acceptors (Lipinski definition) is 3. The van der Waals surface area contributed by atoms with E-state index in [9.17, 15) is 5.11 Å². The molecule has 0 fully saturated rings. The Bertz CT molecular complexity index is 605. The first-order valence-electron chi connectivity index (χ1n) is 7.80. The molecule has 1 N–H and O–H groups in total. The molecular weight excluding hydrogens is 276 g/mol. The molecule has 0 aliphatic heterocycles. The molecule has 2 atom stereocenters. The quantitative estimate of drug-likeness (QED) is 0.855. The van der Waals surface area contributed by atoms with Crippen LogP contribution in [-0.4, -0.2) is 34.7 Å². The van der Waals surface area contributed by atoms with Gasteiger partial charge in [0.25, 0.3) is 0 Å². The lowest BCUT2D eigenvalue weighted by atomic mass is 9.92.